The minimum Gasteiger partial charge on any atom is -0.243 e. The van der Waals surface area contributed by atoms with Crippen molar-refractivity contribution in [2.75, 3.05) is 0 Å². The Balaban J connectivity index is 2.24. The second-order valence-electron chi connectivity index (χ2n) is 4.19. The monoisotopic (exact) mass is 374 g/mol. The molecule has 1 aromatic carbocycles. The summed E-state index contributed by atoms with van der Waals surface area (Å²) in [5, 5.41) is -0.0389. The number of hydrogen-bond acceptors (Lipinski definition) is 3. The molecular formula is C13H12BrClN2O2S. The Morgan fingerprint density at radius 1 is 1.25 bits per heavy atom. The Morgan fingerprint density at radius 3 is 2.50 bits per heavy atom. The normalized spacial score (nSPS) is 13.2. The molecule has 0 aliphatic heterocycles. The van der Waals surface area contributed by atoms with E-state index < -0.39 is 10.0 Å². The maximum atomic E-state index is 12.3. The molecule has 2 rings (SSSR count). The van der Waals surface area contributed by atoms with Gasteiger partial charge in [-0.2, -0.15) is 0 Å². The first kappa shape index (κ1) is 15.4. The molecule has 1 unspecified atom stereocenters. The van der Waals surface area contributed by atoms with Gasteiger partial charge in [-0.3, -0.25) is 0 Å². The smallest absolute Gasteiger partial charge is 0.243 e. The van der Waals surface area contributed by atoms with E-state index in [4.69, 9.17) is 11.6 Å². The molecule has 0 saturated heterocycles. The van der Waals surface area contributed by atoms with Crippen LogP contribution in [-0.4, -0.2) is 13.4 Å². The van der Waals surface area contributed by atoms with Gasteiger partial charge in [-0.1, -0.05) is 39.7 Å². The summed E-state index contributed by atoms with van der Waals surface area (Å²) in [4.78, 5) is 3.75. The van der Waals surface area contributed by atoms with Crippen molar-refractivity contribution in [3.8, 4) is 0 Å². The van der Waals surface area contributed by atoms with Gasteiger partial charge in [0.15, 0.2) is 0 Å². The second kappa shape index (κ2) is 6.22. The van der Waals surface area contributed by atoms with Gasteiger partial charge in [0.05, 0.1) is 0 Å². The van der Waals surface area contributed by atoms with Crippen molar-refractivity contribution in [1.29, 1.82) is 0 Å². The van der Waals surface area contributed by atoms with E-state index in [1.54, 1.807) is 6.92 Å². The number of hydrogen-bond donors (Lipinski definition) is 1. The van der Waals surface area contributed by atoms with Crippen LogP contribution in [0.15, 0.2) is 52.0 Å². The van der Waals surface area contributed by atoms with Crippen molar-refractivity contribution in [2.45, 2.75) is 17.9 Å². The van der Waals surface area contributed by atoms with E-state index >= 15 is 0 Å². The third kappa shape index (κ3) is 3.58. The second-order valence-corrected chi connectivity index (χ2v) is 7.14. The van der Waals surface area contributed by atoms with Crippen LogP contribution in [0.25, 0.3) is 0 Å². The van der Waals surface area contributed by atoms with E-state index in [-0.39, 0.29) is 16.1 Å². The number of nitrogens with zero attached hydrogens (tertiary/aromatic N) is 1. The summed E-state index contributed by atoms with van der Waals surface area (Å²) < 4.78 is 28.0. The van der Waals surface area contributed by atoms with E-state index in [2.05, 4.69) is 25.6 Å². The highest BCUT2D eigenvalue weighted by Crippen LogP contribution is 2.22. The van der Waals surface area contributed by atoms with Crippen molar-refractivity contribution in [2.24, 2.45) is 0 Å². The van der Waals surface area contributed by atoms with Crippen LogP contribution >= 0.6 is 27.5 Å². The number of pyridine rings is 1. The molecule has 7 heteroatoms. The minimum atomic E-state index is -3.70. The molecule has 0 fully saturated rings. The van der Waals surface area contributed by atoms with Gasteiger partial charge in [0.25, 0.3) is 0 Å². The van der Waals surface area contributed by atoms with Gasteiger partial charge >= 0.3 is 0 Å². The van der Waals surface area contributed by atoms with Crippen LogP contribution in [-0.2, 0) is 10.0 Å². The van der Waals surface area contributed by atoms with Gasteiger partial charge in [-0.15, -0.1) is 0 Å². The van der Waals surface area contributed by atoms with Gasteiger partial charge in [0.1, 0.15) is 10.0 Å². The van der Waals surface area contributed by atoms with Gasteiger partial charge in [-0.25, -0.2) is 18.1 Å². The molecule has 1 heterocycles. The van der Waals surface area contributed by atoms with Crippen molar-refractivity contribution < 1.29 is 8.42 Å². The van der Waals surface area contributed by atoms with Crippen molar-refractivity contribution >= 4 is 37.6 Å². The van der Waals surface area contributed by atoms with E-state index in [1.807, 2.05) is 24.3 Å². The summed E-state index contributed by atoms with van der Waals surface area (Å²) in [7, 11) is -3.70. The molecule has 1 atom stereocenters. The van der Waals surface area contributed by atoms with Crippen LogP contribution in [0.3, 0.4) is 0 Å². The highest BCUT2D eigenvalue weighted by Gasteiger charge is 2.21. The fourth-order valence-electron chi connectivity index (χ4n) is 1.69. The SMILES string of the molecule is CC(NS(=O)(=O)c1cccnc1Cl)c1ccc(Br)cc1. The zero-order valence-corrected chi connectivity index (χ0v) is 13.7. The number of aromatic nitrogens is 1. The molecular weight excluding hydrogens is 364 g/mol. The lowest BCUT2D eigenvalue weighted by atomic mass is 10.1. The van der Waals surface area contributed by atoms with Gasteiger partial charge in [-0.05, 0) is 36.8 Å². The quantitative estimate of drug-likeness (QED) is 0.832. The number of halogens is 2. The lowest BCUT2D eigenvalue weighted by Crippen LogP contribution is -2.27. The molecule has 0 aliphatic rings. The third-order valence-electron chi connectivity index (χ3n) is 2.72. The zero-order chi connectivity index (χ0) is 14.8. The summed E-state index contributed by atoms with van der Waals surface area (Å²) in [6.45, 7) is 1.77. The standard InChI is InChI=1S/C13H12BrClN2O2S/c1-9(10-4-6-11(14)7-5-10)17-20(18,19)12-3-2-8-16-13(12)15/h2-9,17H,1H3. The predicted molar refractivity (Wildman–Crippen MR) is 82.1 cm³/mol. The number of rotatable bonds is 4. The fraction of sp³-hybridized carbons (Fsp3) is 0.154. The topological polar surface area (TPSA) is 59.1 Å². The third-order valence-corrected chi connectivity index (χ3v) is 5.23. The maximum Gasteiger partial charge on any atom is 0.244 e. The van der Waals surface area contributed by atoms with E-state index in [0.29, 0.717) is 0 Å². The Kier molecular flexibility index (Phi) is 4.80. The van der Waals surface area contributed by atoms with Crippen LogP contribution < -0.4 is 4.72 Å². The molecule has 20 heavy (non-hydrogen) atoms. The van der Waals surface area contributed by atoms with Crippen LogP contribution in [0, 0.1) is 0 Å². The Labute approximate surface area is 131 Å². The van der Waals surface area contributed by atoms with Crippen molar-refractivity contribution in [3.63, 3.8) is 0 Å². The van der Waals surface area contributed by atoms with E-state index in [0.717, 1.165) is 10.0 Å². The highest BCUT2D eigenvalue weighted by molar-refractivity contribution is 9.10. The fourth-order valence-corrected chi connectivity index (χ4v) is 3.64. The molecule has 0 bridgehead atoms. The molecule has 0 amide bonds. The van der Waals surface area contributed by atoms with Crippen molar-refractivity contribution in [1.82, 2.24) is 9.71 Å². The summed E-state index contributed by atoms with van der Waals surface area (Å²) in [6, 6.07) is 10.00. The zero-order valence-electron chi connectivity index (χ0n) is 10.5. The molecule has 2 aromatic rings. The Bertz CT molecular complexity index is 705. The number of sulfonamides is 1. The number of nitrogens with one attached hydrogen (secondary N) is 1. The largest absolute Gasteiger partial charge is 0.244 e. The number of benzene rings is 1. The first-order valence-corrected chi connectivity index (χ1v) is 8.44. The minimum absolute atomic E-state index is 0.0226. The first-order chi connectivity index (χ1) is 9.40. The van der Waals surface area contributed by atoms with Crippen LogP contribution in [0.1, 0.15) is 18.5 Å². The average molecular weight is 376 g/mol. The Hall–Kier alpha value is -0.950. The first-order valence-electron chi connectivity index (χ1n) is 5.78. The lowest BCUT2D eigenvalue weighted by molar-refractivity contribution is 0.566. The summed E-state index contributed by atoms with van der Waals surface area (Å²) in [5.41, 5.74) is 0.858. The van der Waals surface area contributed by atoms with Crippen LogP contribution in [0.4, 0.5) is 0 Å². The van der Waals surface area contributed by atoms with E-state index in [9.17, 15) is 8.42 Å². The van der Waals surface area contributed by atoms with Gasteiger partial charge in [0.2, 0.25) is 10.0 Å². The summed E-state index contributed by atoms with van der Waals surface area (Å²) in [5.74, 6) is 0. The van der Waals surface area contributed by atoms with Crippen molar-refractivity contribution in [3.05, 3.63) is 57.8 Å². The van der Waals surface area contributed by atoms with Crippen LogP contribution in [0.5, 0.6) is 0 Å². The van der Waals surface area contributed by atoms with Gasteiger partial charge in [0, 0.05) is 16.7 Å². The molecule has 0 saturated carbocycles. The summed E-state index contributed by atoms with van der Waals surface area (Å²) in [6.07, 6.45) is 1.44. The molecule has 1 N–H and O–H groups in total. The molecule has 4 nitrogen and oxygen atoms in total. The average Bonchev–Trinajstić information content (AvgIpc) is 2.39. The molecule has 0 radical (unpaired) electrons. The molecule has 0 aliphatic carbocycles. The molecule has 1 aromatic heterocycles. The van der Waals surface area contributed by atoms with E-state index in [1.165, 1.54) is 18.3 Å². The predicted octanol–water partition coefficient (Wildman–Crippen LogP) is 3.54. The molecule has 106 valence electrons. The maximum absolute atomic E-state index is 12.3. The summed E-state index contributed by atoms with van der Waals surface area (Å²) >= 11 is 9.16. The highest BCUT2D eigenvalue weighted by atomic mass is 79.9. The van der Waals surface area contributed by atoms with Gasteiger partial charge < -0.3 is 0 Å². The lowest BCUT2D eigenvalue weighted by Gasteiger charge is -2.15. The Morgan fingerprint density at radius 2 is 1.90 bits per heavy atom. The molecule has 0 spiro atoms. The van der Waals surface area contributed by atoms with Crippen LogP contribution in [0.2, 0.25) is 5.15 Å².